The molecule has 0 aliphatic carbocycles. The Morgan fingerprint density at radius 2 is 1.94 bits per heavy atom. The molecule has 5 heteroatoms. The summed E-state index contributed by atoms with van der Waals surface area (Å²) in [6, 6.07) is 7.54. The summed E-state index contributed by atoms with van der Waals surface area (Å²) in [6.07, 6.45) is 3.18. The number of hydrogen-bond acceptors (Lipinski definition) is 2. The van der Waals surface area contributed by atoms with E-state index in [4.69, 9.17) is 11.6 Å². The third-order valence-electron chi connectivity index (χ3n) is 2.60. The molecule has 0 aromatic heterocycles. The fraction of sp³-hybridized carbons (Fsp3) is 0.538. The van der Waals surface area contributed by atoms with Gasteiger partial charge in [-0.2, -0.15) is 0 Å². The van der Waals surface area contributed by atoms with Crippen LogP contribution in [0.3, 0.4) is 0 Å². The molecule has 0 heterocycles. The Balaban J connectivity index is 2.71. The van der Waals surface area contributed by atoms with Gasteiger partial charge in [-0.05, 0) is 30.9 Å². The van der Waals surface area contributed by atoms with Crippen LogP contribution in [0.15, 0.2) is 24.3 Å². The van der Waals surface area contributed by atoms with Crippen molar-refractivity contribution in [1.82, 2.24) is 0 Å². The summed E-state index contributed by atoms with van der Waals surface area (Å²) in [4.78, 5) is 0. The van der Waals surface area contributed by atoms with Gasteiger partial charge in [0.2, 0.25) is 10.0 Å². The molecule has 0 aliphatic heterocycles. The smallest absolute Gasteiger partial charge is 0.232 e. The molecule has 102 valence electrons. The molecule has 3 nitrogen and oxygen atoms in total. The maximum atomic E-state index is 11.9. The molecule has 0 spiro atoms. The Kier molecular flexibility index (Phi) is 6.50. The van der Waals surface area contributed by atoms with Crippen LogP contribution in [0, 0.1) is 0 Å². The average molecular weight is 290 g/mol. The molecule has 0 saturated carbocycles. The lowest BCUT2D eigenvalue weighted by Crippen LogP contribution is -2.17. The first-order chi connectivity index (χ1) is 8.59. The predicted octanol–water partition coefficient (Wildman–Crippen LogP) is 3.40. The number of alkyl halides is 1. The molecule has 1 aromatic carbocycles. The molecule has 0 atom stereocenters. The lowest BCUT2D eigenvalue weighted by molar-refractivity contribution is 0.598. The van der Waals surface area contributed by atoms with Gasteiger partial charge in [-0.25, -0.2) is 8.42 Å². The fourth-order valence-corrected chi connectivity index (χ4v) is 3.12. The summed E-state index contributed by atoms with van der Waals surface area (Å²) in [5.74, 6) is 0.627. The van der Waals surface area contributed by atoms with E-state index in [0.717, 1.165) is 24.8 Å². The van der Waals surface area contributed by atoms with Gasteiger partial charge in [0, 0.05) is 5.88 Å². The number of benzene rings is 1. The minimum atomic E-state index is -3.26. The SMILES string of the molecule is CCCc1ccccc1NS(=O)(=O)CCCCCl. The normalized spacial score (nSPS) is 11.4. The Morgan fingerprint density at radius 1 is 1.22 bits per heavy atom. The van der Waals surface area contributed by atoms with Gasteiger partial charge >= 0.3 is 0 Å². The second-order valence-electron chi connectivity index (χ2n) is 4.22. The lowest BCUT2D eigenvalue weighted by atomic mass is 10.1. The zero-order valence-electron chi connectivity index (χ0n) is 10.7. The van der Waals surface area contributed by atoms with Gasteiger partial charge in [-0.1, -0.05) is 31.5 Å². The number of anilines is 1. The van der Waals surface area contributed by atoms with Crippen LogP contribution < -0.4 is 4.72 Å². The molecule has 18 heavy (non-hydrogen) atoms. The quantitative estimate of drug-likeness (QED) is 0.589. The Hall–Kier alpha value is -0.740. The van der Waals surface area contributed by atoms with Gasteiger partial charge in [0.15, 0.2) is 0 Å². The minimum Gasteiger partial charge on any atom is -0.283 e. The van der Waals surface area contributed by atoms with Crippen LogP contribution in [0.2, 0.25) is 0 Å². The Bertz CT molecular complexity index is 460. The van der Waals surface area contributed by atoms with E-state index >= 15 is 0 Å². The van der Waals surface area contributed by atoms with E-state index < -0.39 is 10.0 Å². The van der Waals surface area contributed by atoms with E-state index in [1.165, 1.54) is 0 Å². The molecule has 0 radical (unpaired) electrons. The highest BCUT2D eigenvalue weighted by Crippen LogP contribution is 2.18. The van der Waals surface area contributed by atoms with E-state index in [1.54, 1.807) is 0 Å². The topological polar surface area (TPSA) is 46.2 Å². The van der Waals surface area contributed by atoms with Crippen LogP contribution in [0.4, 0.5) is 5.69 Å². The molecule has 0 fully saturated rings. The molecular weight excluding hydrogens is 270 g/mol. The van der Waals surface area contributed by atoms with Crippen molar-refractivity contribution in [3.8, 4) is 0 Å². The maximum absolute atomic E-state index is 11.9. The zero-order chi connectivity index (χ0) is 13.4. The van der Waals surface area contributed by atoms with Crippen LogP contribution >= 0.6 is 11.6 Å². The summed E-state index contributed by atoms with van der Waals surface area (Å²) in [5, 5.41) is 0. The fourth-order valence-electron chi connectivity index (χ4n) is 1.71. The van der Waals surface area contributed by atoms with E-state index in [2.05, 4.69) is 11.6 Å². The van der Waals surface area contributed by atoms with E-state index in [-0.39, 0.29) is 5.75 Å². The van der Waals surface area contributed by atoms with Crippen molar-refractivity contribution in [2.45, 2.75) is 32.6 Å². The van der Waals surface area contributed by atoms with E-state index in [9.17, 15) is 8.42 Å². The molecule has 0 unspecified atom stereocenters. The van der Waals surface area contributed by atoms with Crippen LogP contribution in [-0.2, 0) is 16.4 Å². The van der Waals surface area contributed by atoms with Crippen molar-refractivity contribution in [2.24, 2.45) is 0 Å². The van der Waals surface area contributed by atoms with Crippen molar-refractivity contribution < 1.29 is 8.42 Å². The largest absolute Gasteiger partial charge is 0.283 e. The highest BCUT2D eigenvalue weighted by Gasteiger charge is 2.11. The number of nitrogens with one attached hydrogen (secondary N) is 1. The first-order valence-electron chi connectivity index (χ1n) is 6.23. The second-order valence-corrected chi connectivity index (χ2v) is 6.44. The van der Waals surface area contributed by atoms with Crippen LogP contribution in [-0.4, -0.2) is 20.1 Å². The number of sulfonamides is 1. The zero-order valence-corrected chi connectivity index (χ0v) is 12.2. The van der Waals surface area contributed by atoms with E-state index in [1.807, 2.05) is 24.3 Å². The van der Waals surface area contributed by atoms with Gasteiger partial charge in [0.05, 0.1) is 11.4 Å². The monoisotopic (exact) mass is 289 g/mol. The highest BCUT2D eigenvalue weighted by molar-refractivity contribution is 7.92. The second kappa shape index (κ2) is 7.64. The standard InChI is InChI=1S/C13H20ClNO2S/c1-2-7-12-8-3-4-9-13(12)15-18(16,17)11-6-5-10-14/h3-4,8-9,15H,2,5-7,10-11H2,1H3. The Labute approximate surface area is 115 Å². The van der Waals surface area contributed by atoms with Gasteiger partial charge < -0.3 is 0 Å². The molecule has 1 rings (SSSR count). The van der Waals surface area contributed by atoms with Crippen molar-refractivity contribution in [2.75, 3.05) is 16.4 Å². The number of halogens is 1. The molecule has 1 aromatic rings. The van der Waals surface area contributed by atoms with Crippen molar-refractivity contribution in [3.63, 3.8) is 0 Å². The minimum absolute atomic E-state index is 0.125. The summed E-state index contributed by atoms with van der Waals surface area (Å²) in [6.45, 7) is 2.08. The lowest BCUT2D eigenvalue weighted by Gasteiger charge is -2.11. The average Bonchev–Trinajstić information content (AvgIpc) is 2.32. The maximum Gasteiger partial charge on any atom is 0.232 e. The summed E-state index contributed by atoms with van der Waals surface area (Å²) < 4.78 is 26.4. The first-order valence-corrected chi connectivity index (χ1v) is 8.42. The molecule has 0 aliphatic rings. The number of aryl methyl sites for hydroxylation is 1. The summed E-state index contributed by atoms with van der Waals surface area (Å²) in [5.41, 5.74) is 1.74. The van der Waals surface area contributed by atoms with Crippen molar-refractivity contribution in [1.29, 1.82) is 0 Å². The summed E-state index contributed by atoms with van der Waals surface area (Å²) in [7, 11) is -3.26. The summed E-state index contributed by atoms with van der Waals surface area (Å²) >= 11 is 5.54. The van der Waals surface area contributed by atoms with Gasteiger partial charge in [-0.15, -0.1) is 11.6 Å². The first kappa shape index (κ1) is 15.3. The molecule has 0 bridgehead atoms. The number of rotatable bonds is 8. The highest BCUT2D eigenvalue weighted by atomic mass is 35.5. The van der Waals surface area contributed by atoms with Gasteiger partial charge in [0.1, 0.15) is 0 Å². The molecule has 0 saturated heterocycles. The van der Waals surface area contributed by atoms with Crippen LogP contribution in [0.25, 0.3) is 0 Å². The third-order valence-corrected chi connectivity index (χ3v) is 4.22. The van der Waals surface area contributed by atoms with Gasteiger partial charge in [0.25, 0.3) is 0 Å². The van der Waals surface area contributed by atoms with Gasteiger partial charge in [-0.3, -0.25) is 4.72 Å². The molecule has 0 amide bonds. The van der Waals surface area contributed by atoms with Crippen LogP contribution in [0.1, 0.15) is 31.7 Å². The third kappa shape index (κ3) is 5.27. The number of hydrogen-bond donors (Lipinski definition) is 1. The number of unbranched alkanes of at least 4 members (excludes halogenated alkanes) is 1. The Morgan fingerprint density at radius 3 is 2.61 bits per heavy atom. The molecule has 1 N–H and O–H groups in total. The van der Waals surface area contributed by atoms with Crippen LogP contribution in [0.5, 0.6) is 0 Å². The van der Waals surface area contributed by atoms with Crippen molar-refractivity contribution >= 4 is 27.3 Å². The van der Waals surface area contributed by atoms with Crippen molar-refractivity contribution in [3.05, 3.63) is 29.8 Å². The predicted molar refractivity (Wildman–Crippen MR) is 77.8 cm³/mol. The molecular formula is C13H20ClNO2S. The number of para-hydroxylation sites is 1. The van der Waals surface area contributed by atoms with E-state index in [0.29, 0.717) is 18.0 Å².